The zero-order valence-corrected chi connectivity index (χ0v) is 19.4. The number of carbonyl (C=O) groups is 1. The monoisotopic (exact) mass is 449 g/mol. The van der Waals surface area contributed by atoms with Crippen LogP contribution in [0, 0.1) is 0 Å². The summed E-state index contributed by atoms with van der Waals surface area (Å²) in [5, 5.41) is 3.60. The quantitative estimate of drug-likeness (QED) is 0.490. The molecular weight excluding hydrogens is 418 g/mol. The molecule has 0 unspecified atom stereocenters. The van der Waals surface area contributed by atoms with E-state index in [9.17, 15) is 4.79 Å². The number of carbonyl (C=O) groups excluding carboxylic acids is 1. The van der Waals surface area contributed by atoms with Crippen LogP contribution in [0.2, 0.25) is 5.02 Å². The maximum absolute atomic E-state index is 12.5. The second kappa shape index (κ2) is 13.2. The number of ether oxygens (including phenoxy) is 4. The van der Waals surface area contributed by atoms with Crippen molar-refractivity contribution in [3.8, 4) is 11.5 Å². The van der Waals surface area contributed by atoms with Crippen molar-refractivity contribution in [1.29, 1.82) is 0 Å². The standard InChI is InChI=1S/C24H32ClNO5/c1-5-30-23(16-29-15-19-6-9-20(25)10-7-19)24(27)26-13-12-18-8-11-21(31-17(2)3)22(14-18)28-4/h6-11,14,17,23H,5,12-13,15-16H2,1-4H3,(H,26,27)/t23-/m1/s1. The van der Waals surface area contributed by atoms with Gasteiger partial charge < -0.3 is 24.3 Å². The molecule has 31 heavy (non-hydrogen) atoms. The van der Waals surface area contributed by atoms with E-state index in [0.29, 0.717) is 42.7 Å². The molecule has 0 saturated heterocycles. The SMILES string of the molecule is CCO[C@H](COCc1ccc(Cl)cc1)C(=O)NCCc1ccc(OC(C)C)c(OC)c1. The maximum Gasteiger partial charge on any atom is 0.251 e. The van der Waals surface area contributed by atoms with E-state index in [-0.39, 0.29) is 18.6 Å². The van der Waals surface area contributed by atoms with E-state index in [0.717, 1.165) is 11.1 Å². The lowest BCUT2D eigenvalue weighted by Gasteiger charge is -2.17. The fourth-order valence-corrected chi connectivity index (χ4v) is 3.05. The minimum Gasteiger partial charge on any atom is -0.493 e. The number of benzene rings is 2. The molecule has 6 nitrogen and oxygen atoms in total. The Morgan fingerprint density at radius 1 is 1.06 bits per heavy atom. The maximum atomic E-state index is 12.5. The van der Waals surface area contributed by atoms with Crippen molar-refractivity contribution in [1.82, 2.24) is 5.32 Å². The Hall–Kier alpha value is -2.28. The Kier molecular flexibility index (Phi) is 10.6. The van der Waals surface area contributed by atoms with Crippen molar-refractivity contribution in [2.45, 2.75) is 46.0 Å². The van der Waals surface area contributed by atoms with E-state index in [1.165, 1.54) is 0 Å². The van der Waals surface area contributed by atoms with Gasteiger partial charge in [-0.2, -0.15) is 0 Å². The summed E-state index contributed by atoms with van der Waals surface area (Å²) in [4.78, 5) is 12.5. The van der Waals surface area contributed by atoms with Crippen molar-refractivity contribution in [3.05, 3.63) is 58.6 Å². The van der Waals surface area contributed by atoms with Crippen LogP contribution >= 0.6 is 11.6 Å². The van der Waals surface area contributed by atoms with Gasteiger partial charge in [-0.15, -0.1) is 0 Å². The van der Waals surface area contributed by atoms with Crippen molar-refractivity contribution in [2.24, 2.45) is 0 Å². The lowest BCUT2D eigenvalue weighted by molar-refractivity contribution is -0.137. The van der Waals surface area contributed by atoms with Crippen LogP contribution in [0.3, 0.4) is 0 Å². The van der Waals surface area contributed by atoms with E-state index in [2.05, 4.69) is 5.32 Å². The summed E-state index contributed by atoms with van der Waals surface area (Å²) in [6.07, 6.45) is 0.0687. The Bertz CT molecular complexity index is 810. The van der Waals surface area contributed by atoms with Gasteiger partial charge in [0.05, 0.1) is 26.4 Å². The first-order valence-electron chi connectivity index (χ1n) is 10.5. The molecule has 0 aromatic heterocycles. The minimum atomic E-state index is -0.659. The fourth-order valence-electron chi connectivity index (χ4n) is 2.93. The van der Waals surface area contributed by atoms with Crippen LogP contribution in [-0.2, 0) is 27.3 Å². The van der Waals surface area contributed by atoms with Gasteiger partial charge >= 0.3 is 0 Å². The zero-order chi connectivity index (χ0) is 22.6. The molecule has 0 bridgehead atoms. The average molecular weight is 450 g/mol. The van der Waals surface area contributed by atoms with Gasteiger partial charge in [-0.05, 0) is 62.6 Å². The van der Waals surface area contributed by atoms with Crippen LogP contribution in [0.5, 0.6) is 11.5 Å². The minimum absolute atomic E-state index is 0.0662. The van der Waals surface area contributed by atoms with E-state index < -0.39 is 6.10 Å². The Morgan fingerprint density at radius 3 is 2.42 bits per heavy atom. The number of hydrogen-bond acceptors (Lipinski definition) is 5. The van der Waals surface area contributed by atoms with Crippen molar-refractivity contribution in [3.63, 3.8) is 0 Å². The normalized spacial score (nSPS) is 11.9. The predicted octanol–water partition coefficient (Wildman–Crippen LogP) is 4.42. The molecule has 2 rings (SSSR count). The lowest BCUT2D eigenvalue weighted by Crippen LogP contribution is -2.40. The molecule has 0 fully saturated rings. The van der Waals surface area contributed by atoms with Crippen molar-refractivity contribution in [2.75, 3.05) is 26.9 Å². The van der Waals surface area contributed by atoms with Gasteiger partial charge in [0.1, 0.15) is 0 Å². The molecule has 0 spiro atoms. The third kappa shape index (κ3) is 8.77. The molecule has 0 radical (unpaired) electrons. The first-order chi connectivity index (χ1) is 14.9. The highest BCUT2D eigenvalue weighted by Crippen LogP contribution is 2.29. The first kappa shape index (κ1) is 25.0. The van der Waals surface area contributed by atoms with Gasteiger partial charge in [0, 0.05) is 18.2 Å². The van der Waals surface area contributed by atoms with E-state index in [1.807, 2.05) is 63.2 Å². The van der Waals surface area contributed by atoms with Crippen LogP contribution in [0.1, 0.15) is 31.9 Å². The van der Waals surface area contributed by atoms with Crippen LogP contribution in [0.15, 0.2) is 42.5 Å². The van der Waals surface area contributed by atoms with E-state index in [4.69, 9.17) is 30.5 Å². The number of amides is 1. The molecule has 7 heteroatoms. The molecule has 1 N–H and O–H groups in total. The summed E-state index contributed by atoms with van der Waals surface area (Å²) >= 11 is 5.89. The number of hydrogen-bond donors (Lipinski definition) is 1. The van der Waals surface area contributed by atoms with Gasteiger partial charge in [0.2, 0.25) is 0 Å². The topological polar surface area (TPSA) is 66.0 Å². The summed E-state index contributed by atoms with van der Waals surface area (Å²) in [6, 6.07) is 13.2. The fraction of sp³-hybridized carbons (Fsp3) is 0.458. The largest absolute Gasteiger partial charge is 0.493 e. The summed E-state index contributed by atoms with van der Waals surface area (Å²) in [5.74, 6) is 1.20. The smallest absolute Gasteiger partial charge is 0.251 e. The number of methoxy groups -OCH3 is 1. The second-order valence-electron chi connectivity index (χ2n) is 7.28. The van der Waals surface area contributed by atoms with Crippen molar-refractivity contribution < 1.29 is 23.7 Å². The van der Waals surface area contributed by atoms with Gasteiger partial charge in [-0.3, -0.25) is 4.79 Å². The summed E-state index contributed by atoms with van der Waals surface area (Å²) in [5.41, 5.74) is 2.03. The van der Waals surface area contributed by atoms with Crippen LogP contribution < -0.4 is 14.8 Å². The average Bonchev–Trinajstić information content (AvgIpc) is 2.75. The van der Waals surface area contributed by atoms with Gasteiger partial charge in [-0.1, -0.05) is 29.8 Å². The number of rotatable bonds is 13. The molecular formula is C24H32ClNO5. The molecule has 0 aliphatic heterocycles. The highest BCUT2D eigenvalue weighted by atomic mass is 35.5. The molecule has 0 aliphatic rings. The second-order valence-corrected chi connectivity index (χ2v) is 7.71. The Morgan fingerprint density at radius 2 is 1.77 bits per heavy atom. The molecule has 1 amide bonds. The summed E-state index contributed by atoms with van der Waals surface area (Å²) in [6.45, 7) is 7.26. The molecule has 170 valence electrons. The number of nitrogens with one attached hydrogen (secondary N) is 1. The summed E-state index contributed by atoms with van der Waals surface area (Å²) < 4.78 is 22.4. The third-order valence-electron chi connectivity index (χ3n) is 4.42. The van der Waals surface area contributed by atoms with Crippen molar-refractivity contribution >= 4 is 17.5 Å². The van der Waals surface area contributed by atoms with Crippen LogP contribution in [0.25, 0.3) is 0 Å². The van der Waals surface area contributed by atoms with E-state index in [1.54, 1.807) is 7.11 Å². The Labute approximate surface area is 189 Å². The van der Waals surface area contributed by atoms with Gasteiger partial charge in [0.15, 0.2) is 17.6 Å². The zero-order valence-electron chi connectivity index (χ0n) is 18.7. The predicted molar refractivity (Wildman–Crippen MR) is 122 cm³/mol. The van der Waals surface area contributed by atoms with Crippen LogP contribution in [0.4, 0.5) is 0 Å². The molecule has 0 aliphatic carbocycles. The van der Waals surface area contributed by atoms with Crippen LogP contribution in [-0.4, -0.2) is 45.0 Å². The first-order valence-corrected chi connectivity index (χ1v) is 10.9. The molecule has 2 aromatic carbocycles. The molecule has 0 heterocycles. The highest BCUT2D eigenvalue weighted by Gasteiger charge is 2.18. The third-order valence-corrected chi connectivity index (χ3v) is 4.67. The van der Waals surface area contributed by atoms with E-state index >= 15 is 0 Å². The highest BCUT2D eigenvalue weighted by molar-refractivity contribution is 6.30. The molecule has 2 aromatic rings. The summed E-state index contributed by atoms with van der Waals surface area (Å²) in [7, 11) is 1.62. The van der Waals surface area contributed by atoms with Gasteiger partial charge in [0.25, 0.3) is 5.91 Å². The number of halogens is 1. The lowest BCUT2D eigenvalue weighted by atomic mass is 10.1. The Balaban J connectivity index is 1.82. The molecule has 1 atom stereocenters. The van der Waals surface area contributed by atoms with Gasteiger partial charge in [-0.25, -0.2) is 0 Å². The molecule has 0 saturated carbocycles.